The van der Waals surface area contributed by atoms with Gasteiger partial charge in [-0.2, -0.15) is 0 Å². The van der Waals surface area contributed by atoms with Gasteiger partial charge in [-0.05, 0) is 42.5 Å². The van der Waals surface area contributed by atoms with Gasteiger partial charge in [0.1, 0.15) is 18.6 Å². The molecule has 7 N–H and O–H groups in total. The van der Waals surface area contributed by atoms with Crippen molar-refractivity contribution < 1.29 is 38.3 Å². The normalized spacial score (nSPS) is 13.2. The van der Waals surface area contributed by atoms with Gasteiger partial charge < -0.3 is 30.0 Å². The summed E-state index contributed by atoms with van der Waals surface area (Å²) in [5.41, 5.74) is 13.9. The Morgan fingerprint density at radius 2 is 1.06 bits per heavy atom. The van der Waals surface area contributed by atoms with Crippen molar-refractivity contribution in [3.63, 3.8) is 0 Å². The van der Waals surface area contributed by atoms with Crippen LogP contribution in [0.5, 0.6) is 0 Å². The zero-order valence-corrected chi connectivity index (χ0v) is 37.3. The lowest BCUT2D eigenvalue weighted by molar-refractivity contribution is -0.125. The molecule has 5 amide bonds. The van der Waals surface area contributed by atoms with E-state index in [1.807, 2.05) is 121 Å². The molecule has 2 aliphatic rings. The van der Waals surface area contributed by atoms with Gasteiger partial charge in [0.25, 0.3) is 23.6 Å². The minimum Gasteiger partial charge on any atom is -0.490 e. The Morgan fingerprint density at radius 1 is 0.571 bits per heavy atom. The van der Waals surface area contributed by atoms with Crippen molar-refractivity contribution in [3.8, 4) is 0 Å². The van der Waals surface area contributed by atoms with Gasteiger partial charge in [-0.15, -0.1) is 0 Å². The number of nitrogens with two attached hydrogens (primary N) is 1. The zero-order valence-electron chi connectivity index (χ0n) is 37.3. The standard InChI is InChI=1S/C19H12N4O2.C13H10N2O3.C11H9NO2.C9H9N3O/c24-18-16(12-9-20-13-6-2-1-5-11(12)13)17(19(25)22-18)23-10-21-14-7-3-4-8-15(14)23;1-18-11-10(12(16)15-13(11)17)8-6-14-9-5-3-2-4-7(8)9;1-7(13)11(14)9-6-12-10-5-3-2-4-8(9)10;10-9(13)5-12-6-11-7-3-1-2-4-8(7)12/h1-10,20H,(H,22,24,25);2-6,14H,1H3,(H,15,16,17);2-6,12H,1H3;1-4,6H,5H2,(H2,10,13). The SMILES string of the molecule is CC(=O)C(=O)c1c[nH]c2ccccc12.COC1=C(c2c[nH]c3ccccc23)C(=O)NC1=O.NC(=O)Cn1cnc2ccccc21.O=C1NC(=O)C(n2cnc3ccccc32)=C1c1c[nH]c2ccccc12. The van der Waals surface area contributed by atoms with Crippen molar-refractivity contribution in [2.24, 2.45) is 5.73 Å². The van der Waals surface area contributed by atoms with E-state index in [1.165, 1.54) is 14.0 Å². The van der Waals surface area contributed by atoms with Gasteiger partial charge >= 0.3 is 0 Å². The zero-order chi connectivity index (χ0) is 49.1. The van der Waals surface area contributed by atoms with E-state index in [1.54, 1.807) is 40.4 Å². The third-order valence-electron chi connectivity index (χ3n) is 11.4. The maximum absolute atomic E-state index is 12.5. The third-order valence-corrected chi connectivity index (χ3v) is 11.4. The molecule has 0 bridgehead atoms. The van der Waals surface area contributed by atoms with Crippen molar-refractivity contribution >= 4 is 113 Å². The fourth-order valence-corrected chi connectivity index (χ4v) is 8.25. The predicted molar refractivity (Wildman–Crippen MR) is 262 cm³/mol. The van der Waals surface area contributed by atoms with Crippen LogP contribution >= 0.6 is 0 Å². The number of carbonyl (C=O) groups excluding carboxylic acids is 7. The van der Waals surface area contributed by atoms with Crippen LogP contribution in [0.15, 0.2) is 158 Å². The average Bonchev–Trinajstić information content (AvgIpc) is 4.25. The third kappa shape index (κ3) is 8.61. The van der Waals surface area contributed by atoms with Gasteiger partial charge in [0.2, 0.25) is 11.7 Å². The topological polar surface area (TPSA) is 262 Å². The van der Waals surface area contributed by atoms with E-state index in [2.05, 4.69) is 35.6 Å². The number of amides is 5. The van der Waals surface area contributed by atoms with Gasteiger partial charge in [0.15, 0.2) is 11.5 Å². The number of hydrogen-bond acceptors (Lipinski definition) is 10. The molecule has 0 radical (unpaired) electrons. The second kappa shape index (κ2) is 19.1. The van der Waals surface area contributed by atoms with Crippen molar-refractivity contribution in [1.82, 2.24) is 44.7 Å². The molecule has 5 aromatic carbocycles. The Hall–Kier alpha value is -9.97. The molecule has 5 aromatic heterocycles. The lowest BCUT2D eigenvalue weighted by atomic mass is 10.0. The Kier molecular flexibility index (Phi) is 12.3. The first-order valence-electron chi connectivity index (χ1n) is 21.5. The number of Topliss-reactive ketones (excluding diaryl/α,β-unsaturated/α-hetero) is 2. The molecule has 10 aromatic rings. The van der Waals surface area contributed by atoms with Crippen molar-refractivity contribution in [2.75, 3.05) is 7.11 Å². The van der Waals surface area contributed by atoms with Crippen LogP contribution in [0.3, 0.4) is 0 Å². The molecule has 346 valence electrons. The summed E-state index contributed by atoms with van der Waals surface area (Å²) >= 11 is 0. The Bertz CT molecular complexity index is 3730. The number of primary amides is 1. The second-order valence-electron chi connectivity index (χ2n) is 15.8. The molecule has 70 heavy (non-hydrogen) atoms. The molecule has 18 nitrogen and oxygen atoms in total. The summed E-state index contributed by atoms with van der Waals surface area (Å²) in [5, 5.41) is 7.21. The lowest BCUT2D eigenvalue weighted by Gasteiger charge is -2.06. The number of para-hydroxylation sites is 7. The summed E-state index contributed by atoms with van der Waals surface area (Å²) in [6.07, 6.45) is 8.24. The number of H-pyrrole nitrogens is 3. The van der Waals surface area contributed by atoms with Gasteiger partial charge in [-0.1, -0.05) is 78.9 Å². The second-order valence-corrected chi connectivity index (χ2v) is 15.8. The van der Waals surface area contributed by atoms with Crippen LogP contribution in [-0.4, -0.2) is 82.3 Å². The monoisotopic (exact) mass is 932 g/mol. The number of fused-ring (bicyclic) bond motifs is 5. The number of imidazole rings is 2. The number of imide groups is 2. The number of carbonyl (C=O) groups is 7. The highest BCUT2D eigenvalue weighted by atomic mass is 16.5. The molecule has 7 heterocycles. The highest BCUT2D eigenvalue weighted by molar-refractivity contribution is 6.48. The number of benzene rings is 5. The molecule has 2 aliphatic heterocycles. The number of nitrogens with zero attached hydrogens (tertiary/aromatic N) is 4. The maximum Gasteiger partial charge on any atom is 0.294 e. The molecule has 0 saturated heterocycles. The molecule has 0 atom stereocenters. The van der Waals surface area contributed by atoms with E-state index >= 15 is 0 Å². The van der Waals surface area contributed by atoms with Crippen LogP contribution < -0.4 is 16.4 Å². The van der Waals surface area contributed by atoms with Crippen molar-refractivity contribution in [3.05, 3.63) is 175 Å². The molecule has 0 unspecified atom stereocenters. The van der Waals surface area contributed by atoms with Crippen LogP contribution in [0.4, 0.5) is 0 Å². The molecular formula is C52H40N10O8. The van der Waals surface area contributed by atoms with Gasteiger partial charge in [-0.25, -0.2) is 9.97 Å². The Labute approximate surface area is 395 Å². The number of methoxy groups -OCH3 is 1. The van der Waals surface area contributed by atoms with Crippen LogP contribution in [0.25, 0.3) is 71.6 Å². The number of hydrogen-bond donors (Lipinski definition) is 6. The Balaban J connectivity index is 0.000000120. The first kappa shape index (κ1) is 45.2. The van der Waals surface area contributed by atoms with Gasteiger partial charge in [0, 0.05) is 69.3 Å². The number of aromatic nitrogens is 7. The van der Waals surface area contributed by atoms with Crippen LogP contribution in [0, 0.1) is 0 Å². The summed E-state index contributed by atoms with van der Waals surface area (Å²) in [5.74, 6) is -2.93. The largest absolute Gasteiger partial charge is 0.490 e. The molecule has 18 heteroatoms. The van der Waals surface area contributed by atoms with Crippen LogP contribution in [0.2, 0.25) is 0 Å². The smallest absolute Gasteiger partial charge is 0.294 e. The summed E-state index contributed by atoms with van der Waals surface area (Å²) in [6.45, 7) is 1.46. The summed E-state index contributed by atoms with van der Waals surface area (Å²) in [7, 11) is 1.38. The minimum atomic E-state index is -0.497. The number of aromatic amines is 3. The highest BCUT2D eigenvalue weighted by Gasteiger charge is 2.35. The molecule has 0 spiro atoms. The molecular weight excluding hydrogens is 893 g/mol. The van der Waals surface area contributed by atoms with E-state index in [9.17, 15) is 33.6 Å². The molecule has 0 fully saturated rings. The summed E-state index contributed by atoms with van der Waals surface area (Å²) in [6, 6.07) is 37.8. The number of rotatable bonds is 8. The molecule has 0 saturated carbocycles. The average molecular weight is 933 g/mol. The fraction of sp³-hybridized carbons (Fsp3) is 0.0577. The molecule has 0 aliphatic carbocycles. The fourth-order valence-electron chi connectivity index (χ4n) is 8.25. The minimum absolute atomic E-state index is 0.0600. The number of ketones is 2. The quantitative estimate of drug-likeness (QED) is 0.0572. The van der Waals surface area contributed by atoms with Crippen molar-refractivity contribution in [2.45, 2.75) is 13.5 Å². The first-order valence-corrected chi connectivity index (χ1v) is 21.5. The predicted octanol–water partition coefficient (Wildman–Crippen LogP) is 6.19. The van der Waals surface area contributed by atoms with Crippen LogP contribution in [0.1, 0.15) is 28.4 Å². The van der Waals surface area contributed by atoms with Gasteiger partial charge in [0.05, 0.1) is 52.2 Å². The number of nitrogens with one attached hydrogen (secondary N) is 5. The van der Waals surface area contributed by atoms with E-state index in [0.29, 0.717) is 28.0 Å². The highest BCUT2D eigenvalue weighted by Crippen LogP contribution is 2.34. The summed E-state index contributed by atoms with van der Waals surface area (Å²) < 4.78 is 8.42. The molecule has 12 rings (SSSR count). The van der Waals surface area contributed by atoms with Gasteiger partial charge in [-0.3, -0.25) is 48.8 Å². The summed E-state index contributed by atoms with van der Waals surface area (Å²) in [4.78, 5) is 99.1. The maximum atomic E-state index is 12.5. The lowest BCUT2D eigenvalue weighted by Crippen LogP contribution is -2.23. The van der Waals surface area contributed by atoms with Crippen molar-refractivity contribution in [1.29, 1.82) is 0 Å². The Morgan fingerprint density at radius 3 is 1.67 bits per heavy atom. The number of ether oxygens (including phenoxy) is 1. The van der Waals surface area contributed by atoms with Crippen LogP contribution in [-0.2, 0) is 40.0 Å². The van der Waals surface area contributed by atoms with E-state index < -0.39 is 35.2 Å². The van der Waals surface area contributed by atoms with E-state index in [0.717, 1.165) is 54.8 Å². The van der Waals surface area contributed by atoms with E-state index in [4.69, 9.17) is 10.5 Å². The first-order chi connectivity index (χ1) is 33.9. The van der Waals surface area contributed by atoms with E-state index in [-0.39, 0.29) is 23.8 Å².